The monoisotopic (exact) mass is 317 g/mol. The van der Waals surface area contributed by atoms with Crippen molar-refractivity contribution in [1.82, 2.24) is 34.8 Å². The van der Waals surface area contributed by atoms with E-state index < -0.39 is 0 Å². The largest absolute Gasteiger partial charge is 0.309 e. The lowest BCUT2D eigenvalue weighted by Gasteiger charge is -2.24. The summed E-state index contributed by atoms with van der Waals surface area (Å²) < 4.78 is 1.92. The minimum atomic E-state index is -0.0805. The molecule has 0 spiro atoms. The van der Waals surface area contributed by atoms with Crippen molar-refractivity contribution in [3.8, 4) is 0 Å². The number of aromatic amines is 1. The first-order chi connectivity index (χ1) is 11.1. The molecule has 2 aromatic heterocycles. The van der Waals surface area contributed by atoms with E-state index in [-0.39, 0.29) is 11.6 Å². The molecule has 0 bridgehead atoms. The Bertz CT molecular complexity index is 694. The van der Waals surface area contributed by atoms with Crippen molar-refractivity contribution in [2.24, 2.45) is 0 Å². The summed E-state index contributed by atoms with van der Waals surface area (Å²) in [4.78, 5) is 23.6. The summed E-state index contributed by atoms with van der Waals surface area (Å²) in [7, 11) is 4.16. The van der Waals surface area contributed by atoms with Gasteiger partial charge in [0, 0.05) is 37.1 Å². The molecule has 0 amide bonds. The Morgan fingerprint density at radius 1 is 1.39 bits per heavy atom. The Labute approximate surface area is 135 Å². The number of hydrogen-bond donors (Lipinski definition) is 1. The fraction of sp³-hybridized carbons (Fsp3) is 0.600. The fourth-order valence-electron chi connectivity index (χ4n) is 3.17. The number of aromatic nitrogens is 5. The molecule has 1 fully saturated rings. The van der Waals surface area contributed by atoms with E-state index in [2.05, 4.69) is 44.2 Å². The number of H-pyrrole nitrogens is 1. The second-order valence-corrected chi connectivity index (χ2v) is 6.21. The average Bonchev–Trinajstić information content (AvgIpc) is 3.15. The van der Waals surface area contributed by atoms with Crippen molar-refractivity contribution in [2.45, 2.75) is 32.0 Å². The molecule has 2 atom stereocenters. The smallest absolute Gasteiger partial charge is 0.251 e. The van der Waals surface area contributed by atoms with Crippen molar-refractivity contribution < 1.29 is 0 Å². The zero-order valence-electron chi connectivity index (χ0n) is 13.8. The van der Waals surface area contributed by atoms with E-state index in [0.717, 1.165) is 31.0 Å². The number of likely N-dealkylation sites (tertiary alicyclic amines) is 1. The predicted molar refractivity (Wildman–Crippen MR) is 86.0 cm³/mol. The highest BCUT2D eigenvalue weighted by Crippen LogP contribution is 2.25. The molecule has 3 heterocycles. The Hall–Kier alpha value is -2.06. The van der Waals surface area contributed by atoms with E-state index in [9.17, 15) is 4.79 Å². The number of nitrogens with one attached hydrogen (secondary N) is 1. The highest BCUT2D eigenvalue weighted by Gasteiger charge is 2.36. The second-order valence-electron chi connectivity index (χ2n) is 6.21. The van der Waals surface area contributed by atoms with Crippen molar-refractivity contribution in [3.05, 3.63) is 40.3 Å². The highest BCUT2D eigenvalue weighted by molar-refractivity contribution is 5.03. The molecule has 3 rings (SSSR count). The van der Waals surface area contributed by atoms with Crippen LogP contribution < -0.4 is 5.56 Å². The summed E-state index contributed by atoms with van der Waals surface area (Å²) >= 11 is 0. The van der Waals surface area contributed by atoms with Crippen LogP contribution in [0.5, 0.6) is 0 Å². The fourth-order valence-corrected chi connectivity index (χ4v) is 3.17. The van der Waals surface area contributed by atoms with Gasteiger partial charge in [0.15, 0.2) is 0 Å². The molecule has 0 saturated carbocycles. The van der Waals surface area contributed by atoms with Crippen LogP contribution >= 0.6 is 0 Å². The topological polar surface area (TPSA) is 82.9 Å². The molecule has 124 valence electrons. The normalized spacial score (nSPS) is 22.1. The average molecular weight is 317 g/mol. The van der Waals surface area contributed by atoms with Gasteiger partial charge in [0.2, 0.25) is 0 Å². The van der Waals surface area contributed by atoms with Crippen molar-refractivity contribution in [1.29, 1.82) is 0 Å². The summed E-state index contributed by atoms with van der Waals surface area (Å²) in [5, 5.41) is 8.07. The lowest BCUT2D eigenvalue weighted by Crippen LogP contribution is -2.36. The summed E-state index contributed by atoms with van der Waals surface area (Å²) in [6, 6.07) is 2.15. The third-order valence-electron chi connectivity index (χ3n) is 4.36. The molecule has 1 aliphatic heterocycles. The van der Waals surface area contributed by atoms with Gasteiger partial charge in [-0.3, -0.25) is 9.69 Å². The SMILES string of the molecule is CCc1cc(=O)[nH]c(CN2C[C@@H](N(C)C)[C@@H](n3ccnn3)C2)n1. The van der Waals surface area contributed by atoms with Gasteiger partial charge in [0.1, 0.15) is 5.82 Å². The number of aryl methyl sites for hydroxylation is 1. The van der Waals surface area contributed by atoms with Crippen molar-refractivity contribution in [2.75, 3.05) is 27.2 Å². The van der Waals surface area contributed by atoms with E-state index in [1.807, 2.05) is 17.8 Å². The van der Waals surface area contributed by atoms with E-state index in [1.165, 1.54) is 0 Å². The van der Waals surface area contributed by atoms with E-state index in [0.29, 0.717) is 12.6 Å². The summed E-state index contributed by atoms with van der Waals surface area (Å²) in [5.41, 5.74) is 0.753. The zero-order chi connectivity index (χ0) is 16.4. The molecule has 23 heavy (non-hydrogen) atoms. The van der Waals surface area contributed by atoms with Crippen LogP contribution in [0.1, 0.15) is 24.5 Å². The third kappa shape index (κ3) is 3.48. The molecule has 0 unspecified atom stereocenters. The van der Waals surface area contributed by atoms with Crippen LogP contribution in [0.25, 0.3) is 0 Å². The lowest BCUT2D eigenvalue weighted by atomic mass is 10.1. The van der Waals surface area contributed by atoms with Crippen LogP contribution in [-0.4, -0.2) is 68.0 Å². The van der Waals surface area contributed by atoms with Gasteiger partial charge < -0.3 is 9.88 Å². The van der Waals surface area contributed by atoms with Crippen LogP contribution in [0.3, 0.4) is 0 Å². The van der Waals surface area contributed by atoms with Gasteiger partial charge in [0.25, 0.3) is 5.56 Å². The Kier molecular flexibility index (Phi) is 4.53. The highest BCUT2D eigenvalue weighted by atomic mass is 16.1. The van der Waals surface area contributed by atoms with Gasteiger partial charge in [-0.1, -0.05) is 12.1 Å². The summed E-state index contributed by atoms with van der Waals surface area (Å²) in [5.74, 6) is 0.728. The maximum Gasteiger partial charge on any atom is 0.251 e. The molecular formula is C15H23N7O. The molecule has 0 aliphatic carbocycles. The van der Waals surface area contributed by atoms with Crippen LogP contribution in [-0.2, 0) is 13.0 Å². The van der Waals surface area contributed by atoms with Gasteiger partial charge in [-0.05, 0) is 20.5 Å². The maximum absolute atomic E-state index is 11.7. The Morgan fingerprint density at radius 3 is 2.87 bits per heavy atom. The second kappa shape index (κ2) is 6.59. The third-order valence-corrected chi connectivity index (χ3v) is 4.36. The van der Waals surface area contributed by atoms with E-state index >= 15 is 0 Å². The molecular weight excluding hydrogens is 294 g/mol. The quantitative estimate of drug-likeness (QED) is 0.830. The molecule has 2 aromatic rings. The molecule has 0 radical (unpaired) electrons. The molecule has 1 N–H and O–H groups in total. The van der Waals surface area contributed by atoms with E-state index in [1.54, 1.807) is 12.3 Å². The van der Waals surface area contributed by atoms with Crippen molar-refractivity contribution in [3.63, 3.8) is 0 Å². The number of rotatable bonds is 5. The standard InChI is InChI=1S/C15H23N7O/c1-4-11-7-15(23)18-14(17-11)10-21-8-12(20(2)3)13(9-21)22-6-5-16-19-22/h5-7,12-13H,4,8-10H2,1-3H3,(H,17,18,23)/t12-,13+/m1/s1. The van der Waals surface area contributed by atoms with E-state index in [4.69, 9.17) is 0 Å². The lowest BCUT2D eigenvalue weighted by molar-refractivity contribution is 0.236. The first kappa shape index (κ1) is 15.8. The van der Waals surface area contributed by atoms with Crippen LogP contribution in [0.15, 0.2) is 23.3 Å². The first-order valence-corrected chi connectivity index (χ1v) is 7.90. The molecule has 8 heteroatoms. The van der Waals surface area contributed by atoms with Crippen LogP contribution in [0.2, 0.25) is 0 Å². The Balaban J connectivity index is 1.77. The molecule has 8 nitrogen and oxygen atoms in total. The number of hydrogen-bond acceptors (Lipinski definition) is 6. The summed E-state index contributed by atoms with van der Waals surface area (Å²) in [6.45, 7) is 4.40. The first-order valence-electron chi connectivity index (χ1n) is 7.90. The molecule has 1 aliphatic rings. The van der Waals surface area contributed by atoms with Crippen molar-refractivity contribution >= 4 is 0 Å². The number of likely N-dealkylation sites (N-methyl/N-ethyl adjacent to an activating group) is 1. The minimum absolute atomic E-state index is 0.0805. The van der Waals surface area contributed by atoms with Gasteiger partial charge in [0.05, 0.1) is 18.8 Å². The predicted octanol–water partition coefficient (Wildman–Crippen LogP) is -0.0891. The molecule has 1 saturated heterocycles. The summed E-state index contributed by atoms with van der Waals surface area (Å²) in [6.07, 6.45) is 4.38. The van der Waals surface area contributed by atoms with Crippen LogP contribution in [0, 0.1) is 0 Å². The van der Waals surface area contributed by atoms with Gasteiger partial charge in [-0.25, -0.2) is 9.67 Å². The van der Waals surface area contributed by atoms with Crippen LogP contribution in [0.4, 0.5) is 0 Å². The zero-order valence-corrected chi connectivity index (χ0v) is 13.8. The minimum Gasteiger partial charge on any atom is -0.309 e. The molecule has 0 aromatic carbocycles. The van der Waals surface area contributed by atoms with Gasteiger partial charge in [-0.2, -0.15) is 0 Å². The maximum atomic E-state index is 11.7. The Morgan fingerprint density at radius 2 is 2.22 bits per heavy atom. The van der Waals surface area contributed by atoms with Gasteiger partial charge in [-0.15, -0.1) is 5.10 Å². The van der Waals surface area contributed by atoms with Gasteiger partial charge >= 0.3 is 0 Å². The number of nitrogens with zero attached hydrogens (tertiary/aromatic N) is 6.